The molecule has 3 aromatic rings. The van der Waals surface area contributed by atoms with Crippen molar-refractivity contribution in [2.75, 3.05) is 16.0 Å². The molecule has 0 atom stereocenters. The van der Waals surface area contributed by atoms with Gasteiger partial charge in [-0.05, 0) is 43.5 Å². The number of hydrogen-bond acceptors (Lipinski definition) is 5. The molecule has 1 aliphatic carbocycles. The zero-order chi connectivity index (χ0) is 20.9. The van der Waals surface area contributed by atoms with E-state index in [-0.39, 0.29) is 5.91 Å². The molecule has 2 aromatic heterocycles. The highest BCUT2D eigenvalue weighted by molar-refractivity contribution is 5.99. The van der Waals surface area contributed by atoms with Gasteiger partial charge in [0.1, 0.15) is 11.6 Å². The molecule has 1 saturated carbocycles. The third-order valence-corrected chi connectivity index (χ3v) is 5.47. The van der Waals surface area contributed by atoms with E-state index in [0.29, 0.717) is 11.7 Å². The van der Waals surface area contributed by atoms with Gasteiger partial charge in [-0.25, -0.2) is 4.98 Å². The topological polar surface area (TPSA) is 83.4 Å². The predicted molar refractivity (Wildman–Crippen MR) is 121 cm³/mol. The van der Waals surface area contributed by atoms with Crippen molar-refractivity contribution in [1.29, 1.82) is 0 Å². The molecule has 1 amide bonds. The summed E-state index contributed by atoms with van der Waals surface area (Å²) >= 11 is 0. The highest BCUT2D eigenvalue weighted by Gasteiger charge is 2.16. The number of anilines is 4. The Morgan fingerprint density at radius 3 is 2.80 bits per heavy atom. The van der Waals surface area contributed by atoms with Gasteiger partial charge < -0.3 is 16.0 Å². The summed E-state index contributed by atoms with van der Waals surface area (Å²) in [6.45, 7) is 5.61. The molecule has 0 bridgehead atoms. The van der Waals surface area contributed by atoms with Crippen LogP contribution in [0, 0.1) is 0 Å². The number of nitrogens with zero attached hydrogens (tertiary/aromatic N) is 3. The Labute approximate surface area is 176 Å². The number of benzene rings is 1. The van der Waals surface area contributed by atoms with E-state index in [1.165, 1.54) is 38.2 Å². The maximum absolute atomic E-state index is 11.6. The Hall–Kier alpha value is -3.35. The number of aromatic nitrogens is 3. The lowest BCUT2D eigenvalue weighted by Gasteiger charge is -2.23. The number of amides is 1. The second-order valence-corrected chi connectivity index (χ2v) is 7.66. The van der Waals surface area contributed by atoms with Gasteiger partial charge in [0.05, 0.1) is 6.20 Å². The molecule has 4 rings (SSSR count). The van der Waals surface area contributed by atoms with E-state index in [9.17, 15) is 4.79 Å². The number of carbonyl (C=O) groups is 1. The normalized spacial score (nSPS) is 14.4. The minimum absolute atomic E-state index is 0.239. The van der Waals surface area contributed by atoms with Gasteiger partial charge in [-0.15, -0.1) is 0 Å². The lowest BCUT2D eigenvalue weighted by Crippen LogP contribution is -2.23. The maximum atomic E-state index is 11.6. The van der Waals surface area contributed by atoms with Crippen LogP contribution in [0.5, 0.6) is 0 Å². The Morgan fingerprint density at radius 2 is 2.03 bits per heavy atom. The van der Waals surface area contributed by atoms with Crippen molar-refractivity contribution >= 4 is 34.6 Å². The van der Waals surface area contributed by atoms with Crippen LogP contribution >= 0.6 is 0 Å². The van der Waals surface area contributed by atoms with E-state index >= 15 is 0 Å². The number of aryl methyl sites for hydroxylation is 1. The molecule has 2 heterocycles. The van der Waals surface area contributed by atoms with E-state index in [2.05, 4.69) is 34.6 Å². The summed E-state index contributed by atoms with van der Waals surface area (Å²) in [5, 5.41) is 14.4. The van der Waals surface area contributed by atoms with Crippen LogP contribution in [0.2, 0.25) is 0 Å². The van der Waals surface area contributed by atoms with Crippen molar-refractivity contribution in [2.45, 2.75) is 51.5 Å². The lowest BCUT2D eigenvalue weighted by atomic mass is 9.95. The molecular formula is C23H28N6O. The van der Waals surface area contributed by atoms with Crippen LogP contribution in [0.3, 0.4) is 0 Å². The molecule has 1 aliphatic rings. The number of nitrogens with one attached hydrogen (secondary N) is 3. The fraction of sp³-hybridized carbons (Fsp3) is 0.348. The summed E-state index contributed by atoms with van der Waals surface area (Å²) in [6.07, 6.45) is 10.2. The molecular weight excluding hydrogens is 376 g/mol. The molecule has 0 aliphatic heterocycles. The zero-order valence-electron chi connectivity index (χ0n) is 17.3. The van der Waals surface area contributed by atoms with Gasteiger partial charge >= 0.3 is 0 Å². The molecule has 156 valence electrons. The molecule has 7 nitrogen and oxygen atoms in total. The highest BCUT2D eigenvalue weighted by Crippen LogP contribution is 2.26. The molecule has 30 heavy (non-hydrogen) atoms. The standard InChI is InChI=1S/C23H28N6O/c1-3-16-15-24-29-21(26-18-11-8-12-19(13-18)27-22(30)4-2)14-20(28-23(16)29)25-17-9-6-5-7-10-17/h4,8,11-15,17,26H,2-3,5-7,9-10H2,1H3,(H,25,28)(H,27,30). The summed E-state index contributed by atoms with van der Waals surface area (Å²) in [6, 6.07) is 10.0. The monoisotopic (exact) mass is 404 g/mol. The molecule has 1 aromatic carbocycles. The summed E-state index contributed by atoms with van der Waals surface area (Å²) < 4.78 is 1.83. The predicted octanol–water partition coefficient (Wildman–Crippen LogP) is 4.90. The number of fused-ring (bicyclic) bond motifs is 1. The molecule has 3 N–H and O–H groups in total. The number of carbonyl (C=O) groups excluding carboxylic acids is 1. The van der Waals surface area contributed by atoms with E-state index < -0.39 is 0 Å². The summed E-state index contributed by atoms with van der Waals surface area (Å²) in [5.41, 5.74) is 3.52. The maximum Gasteiger partial charge on any atom is 0.247 e. The van der Waals surface area contributed by atoms with Crippen molar-refractivity contribution in [3.05, 3.63) is 54.7 Å². The molecule has 7 heteroatoms. The molecule has 0 saturated heterocycles. The average molecular weight is 405 g/mol. The molecule has 0 spiro atoms. The van der Waals surface area contributed by atoms with Crippen molar-refractivity contribution < 1.29 is 4.79 Å². The van der Waals surface area contributed by atoms with Crippen LogP contribution in [-0.4, -0.2) is 26.5 Å². The van der Waals surface area contributed by atoms with Crippen LogP contribution in [0.15, 0.2) is 49.2 Å². The minimum Gasteiger partial charge on any atom is -0.367 e. The van der Waals surface area contributed by atoms with Gasteiger partial charge in [0.2, 0.25) is 5.91 Å². The van der Waals surface area contributed by atoms with E-state index in [4.69, 9.17) is 4.98 Å². The Morgan fingerprint density at radius 1 is 1.23 bits per heavy atom. The zero-order valence-corrected chi connectivity index (χ0v) is 17.3. The Kier molecular flexibility index (Phi) is 5.97. The van der Waals surface area contributed by atoms with Crippen LogP contribution in [0.1, 0.15) is 44.6 Å². The van der Waals surface area contributed by atoms with Crippen molar-refractivity contribution in [2.24, 2.45) is 0 Å². The van der Waals surface area contributed by atoms with Gasteiger partial charge in [0, 0.05) is 29.0 Å². The Balaban J connectivity index is 1.65. The lowest BCUT2D eigenvalue weighted by molar-refractivity contribution is -0.111. The van der Waals surface area contributed by atoms with Gasteiger partial charge in [-0.1, -0.05) is 38.8 Å². The molecule has 0 unspecified atom stereocenters. The molecule has 1 fully saturated rings. The van der Waals surface area contributed by atoms with Crippen molar-refractivity contribution in [3.8, 4) is 0 Å². The summed E-state index contributed by atoms with van der Waals surface area (Å²) in [5.74, 6) is 1.45. The van der Waals surface area contributed by atoms with Crippen molar-refractivity contribution in [1.82, 2.24) is 14.6 Å². The van der Waals surface area contributed by atoms with Crippen LogP contribution < -0.4 is 16.0 Å². The third kappa shape index (κ3) is 4.45. The fourth-order valence-electron chi connectivity index (χ4n) is 3.89. The van der Waals surface area contributed by atoms with Gasteiger partial charge in [0.15, 0.2) is 5.65 Å². The fourth-order valence-corrected chi connectivity index (χ4v) is 3.89. The summed E-state index contributed by atoms with van der Waals surface area (Å²) in [7, 11) is 0. The first-order chi connectivity index (χ1) is 14.7. The second kappa shape index (κ2) is 8.98. The third-order valence-electron chi connectivity index (χ3n) is 5.47. The smallest absolute Gasteiger partial charge is 0.247 e. The van der Waals surface area contributed by atoms with Crippen molar-refractivity contribution in [3.63, 3.8) is 0 Å². The van der Waals surface area contributed by atoms with Crippen LogP contribution in [-0.2, 0) is 11.2 Å². The van der Waals surface area contributed by atoms with E-state index in [1.807, 2.05) is 41.0 Å². The first-order valence-electron chi connectivity index (χ1n) is 10.6. The van der Waals surface area contributed by atoms with Crippen LogP contribution in [0.25, 0.3) is 5.65 Å². The van der Waals surface area contributed by atoms with Gasteiger partial charge in [0.25, 0.3) is 0 Å². The Bertz CT molecular complexity index is 1050. The SMILES string of the molecule is C=CC(=O)Nc1cccc(Nc2cc(NC3CCCCC3)nc3c(CC)cnn23)c1. The van der Waals surface area contributed by atoms with Gasteiger partial charge in [-0.2, -0.15) is 9.61 Å². The molecule has 0 radical (unpaired) electrons. The number of hydrogen-bond donors (Lipinski definition) is 3. The quantitative estimate of drug-likeness (QED) is 0.488. The van der Waals surface area contributed by atoms with E-state index in [1.54, 1.807) is 0 Å². The number of rotatable bonds is 7. The summed E-state index contributed by atoms with van der Waals surface area (Å²) in [4.78, 5) is 16.5. The highest BCUT2D eigenvalue weighted by atomic mass is 16.1. The van der Waals surface area contributed by atoms with Gasteiger partial charge in [-0.3, -0.25) is 4.79 Å². The van der Waals surface area contributed by atoms with E-state index in [0.717, 1.165) is 35.0 Å². The average Bonchev–Trinajstić information content (AvgIpc) is 3.18. The second-order valence-electron chi connectivity index (χ2n) is 7.66. The first-order valence-corrected chi connectivity index (χ1v) is 10.6. The largest absolute Gasteiger partial charge is 0.367 e. The minimum atomic E-state index is -0.239. The first kappa shape index (κ1) is 19.9. The van der Waals surface area contributed by atoms with Crippen LogP contribution in [0.4, 0.5) is 23.0 Å².